The van der Waals surface area contributed by atoms with E-state index >= 15 is 0 Å². The Hall–Kier alpha value is -2.93. The normalized spacial score (nSPS) is 13.7. The van der Waals surface area contributed by atoms with Crippen molar-refractivity contribution in [1.29, 1.82) is 0 Å². The van der Waals surface area contributed by atoms with E-state index in [0.717, 1.165) is 34.3 Å². The molecule has 140 valence electrons. The monoisotopic (exact) mass is 388 g/mol. The van der Waals surface area contributed by atoms with Gasteiger partial charge in [0.05, 0.1) is 23.2 Å². The molecule has 2 aromatic heterocycles. The minimum Gasteiger partial charge on any atom is -0.240 e. The third kappa shape index (κ3) is 3.57. The number of hydrogen-bond donors (Lipinski definition) is 0. The number of tetrazole rings is 1. The Balaban J connectivity index is 1.39. The van der Waals surface area contributed by atoms with Gasteiger partial charge in [0.15, 0.2) is 5.82 Å². The van der Waals surface area contributed by atoms with Crippen LogP contribution >= 0.6 is 11.8 Å². The highest BCUT2D eigenvalue weighted by atomic mass is 32.2. The lowest BCUT2D eigenvalue weighted by Crippen LogP contribution is -2.02. The molecule has 0 unspecified atom stereocenters. The van der Waals surface area contributed by atoms with Gasteiger partial charge in [-0.15, -0.1) is 16.9 Å². The molecule has 1 fully saturated rings. The molecule has 0 N–H and O–H groups in total. The van der Waals surface area contributed by atoms with Crippen LogP contribution in [0.5, 0.6) is 0 Å². The van der Waals surface area contributed by atoms with Crippen LogP contribution in [0, 0.1) is 0 Å². The van der Waals surface area contributed by atoms with Crippen LogP contribution in [0.3, 0.4) is 0 Å². The van der Waals surface area contributed by atoms with Crippen molar-refractivity contribution in [1.82, 2.24) is 30.0 Å². The smallest absolute Gasteiger partial charge is 0.161 e. The fourth-order valence-corrected chi connectivity index (χ4v) is 4.14. The van der Waals surface area contributed by atoms with Crippen molar-refractivity contribution < 1.29 is 0 Å². The maximum atomic E-state index is 4.88. The van der Waals surface area contributed by atoms with E-state index in [-0.39, 0.29) is 0 Å². The lowest BCUT2D eigenvalue weighted by molar-refractivity contribution is 0.593. The Bertz CT molecular complexity index is 1050. The molecule has 0 amide bonds. The van der Waals surface area contributed by atoms with Crippen LogP contribution in [0.1, 0.15) is 30.3 Å². The molecule has 1 saturated carbocycles. The van der Waals surface area contributed by atoms with Gasteiger partial charge in [0, 0.05) is 23.1 Å². The number of rotatable bonds is 7. The molecule has 4 aromatic rings. The van der Waals surface area contributed by atoms with Gasteiger partial charge in [0.2, 0.25) is 0 Å². The number of para-hydroxylation sites is 1. The van der Waals surface area contributed by atoms with E-state index in [4.69, 9.17) is 5.10 Å². The van der Waals surface area contributed by atoms with Crippen molar-refractivity contribution in [3.8, 4) is 16.9 Å². The zero-order valence-electron chi connectivity index (χ0n) is 15.3. The lowest BCUT2D eigenvalue weighted by Gasteiger charge is -2.04. The maximum absolute atomic E-state index is 4.88. The van der Waals surface area contributed by atoms with Gasteiger partial charge >= 0.3 is 0 Å². The van der Waals surface area contributed by atoms with Crippen LogP contribution in [0.25, 0.3) is 16.9 Å². The van der Waals surface area contributed by atoms with Crippen LogP contribution in [0.4, 0.5) is 0 Å². The first-order chi connectivity index (χ1) is 13.9. The van der Waals surface area contributed by atoms with Crippen molar-refractivity contribution in [3.63, 3.8) is 0 Å². The number of nitrogens with zero attached hydrogens (tertiary/aromatic N) is 6. The summed E-state index contributed by atoms with van der Waals surface area (Å²) in [4.78, 5) is 0. The van der Waals surface area contributed by atoms with Crippen molar-refractivity contribution in [3.05, 3.63) is 78.2 Å². The predicted octanol–water partition coefficient (Wildman–Crippen LogP) is 4.29. The Morgan fingerprint density at radius 1 is 0.929 bits per heavy atom. The standard InChI is InChI=1S/C21H20N6S/c1-3-7-16(8-4-1)21-17(13-26(23-21)18-9-5-2-6-10-18)14-28-15-20-22-24-25-27(20)19-11-12-19/h1-10,13,19H,11-12,14-15H2. The third-order valence-electron chi connectivity index (χ3n) is 4.80. The molecule has 0 bridgehead atoms. The van der Waals surface area contributed by atoms with Gasteiger partial charge < -0.3 is 0 Å². The van der Waals surface area contributed by atoms with E-state index in [1.54, 1.807) is 0 Å². The summed E-state index contributed by atoms with van der Waals surface area (Å²) in [6, 6.07) is 21.1. The summed E-state index contributed by atoms with van der Waals surface area (Å²) in [5.41, 5.74) is 4.44. The first-order valence-corrected chi connectivity index (χ1v) is 10.6. The molecule has 1 aliphatic rings. The summed E-state index contributed by atoms with van der Waals surface area (Å²) in [6.07, 6.45) is 4.50. The SMILES string of the molecule is c1ccc(-c2nn(-c3ccccc3)cc2CSCc2nnnn2C2CC2)cc1. The van der Waals surface area contributed by atoms with Crippen molar-refractivity contribution >= 4 is 11.8 Å². The zero-order chi connectivity index (χ0) is 18.8. The highest BCUT2D eigenvalue weighted by molar-refractivity contribution is 7.97. The van der Waals surface area contributed by atoms with Crippen LogP contribution in [-0.4, -0.2) is 30.0 Å². The van der Waals surface area contributed by atoms with Crippen molar-refractivity contribution in [2.75, 3.05) is 0 Å². The highest BCUT2D eigenvalue weighted by Gasteiger charge is 2.27. The quantitative estimate of drug-likeness (QED) is 0.472. The van der Waals surface area contributed by atoms with Crippen LogP contribution in [0.2, 0.25) is 0 Å². The molecule has 0 spiro atoms. The number of benzene rings is 2. The van der Waals surface area contributed by atoms with Crippen LogP contribution in [0.15, 0.2) is 66.9 Å². The van der Waals surface area contributed by atoms with E-state index in [1.807, 2.05) is 45.4 Å². The third-order valence-corrected chi connectivity index (χ3v) is 5.78. The maximum Gasteiger partial charge on any atom is 0.161 e. The summed E-state index contributed by atoms with van der Waals surface area (Å²) >= 11 is 1.82. The molecular formula is C21H20N6S. The second-order valence-corrected chi connectivity index (χ2v) is 7.90. The van der Waals surface area contributed by atoms with E-state index in [2.05, 4.69) is 58.1 Å². The molecule has 7 heteroatoms. The van der Waals surface area contributed by atoms with Gasteiger partial charge in [0.25, 0.3) is 0 Å². The minimum atomic E-state index is 0.506. The average Bonchev–Trinajstić information content (AvgIpc) is 3.33. The van der Waals surface area contributed by atoms with Crippen molar-refractivity contribution in [2.24, 2.45) is 0 Å². The second kappa shape index (κ2) is 7.59. The van der Waals surface area contributed by atoms with Gasteiger partial charge in [-0.3, -0.25) is 0 Å². The summed E-state index contributed by atoms with van der Waals surface area (Å²) in [5.74, 6) is 2.62. The molecule has 2 heterocycles. The van der Waals surface area contributed by atoms with Crippen molar-refractivity contribution in [2.45, 2.75) is 30.4 Å². The van der Waals surface area contributed by atoms with Gasteiger partial charge in [-0.2, -0.15) is 5.10 Å². The molecule has 0 radical (unpaired) electrons. The molecule has 1 aliphatic carbocycles. The molecule has 5 rings (SSSR count). The summed E-state index contributed by atoms with van der Waals surface area (Å²) in [7, 11) is 0. The zero-order valence-corrected chi connectivity index (χ0v) is 16.2. The lowest BCUT2D eigenvalue weighted by atomic mass is 10.1. The topological polar surface area (TPSA) is 61.4 Å². The highest BCUT2D eigenvalue weighted by Crippen LogP contribution is 2.35. The van der Waals surface area contributed by atoms with Gasteiger partial charge in [-0.1, -0.05) is 48.5 Å². The molecule has 0 saturated heterocycles. The van der Waals surface area contributed by atoms with E-state index < -0.39 is 0 Å². The average molecular weight is 389 g/mol. The fraction of sp³-hybridized carbons (Fsp3) is 0.238. The summed E-state index contributed by atoms with van der Waals surface area (Å²) in [6.45, 7) is 0. The van der Waals surface area contributed by atoms with Gasteiger partial charge in [-0.25, -0.2) is 9.36 Å². The van der Waals surface area contributed by atoms with E-state index in [9.17, 15) is 0 Å². The number of hydrogen-bond acceptors (Lipinski definition) is 5. The van der Waals surface area contributed by atoms with Crippen LogP contribution < -0.4 is 0 Å². The van der Waals surface area contributed by atoms with E-state index in [0.29, 0.717) is 6.04 Å². The molecule has 0 aliphatic heterocycles. The Labute approximate surface area is 167 Å². The Kier molecular flexibility index (Phi) is 4.66. The summed E-state index contributed by atoms with van der Waals surface area (Å²) in [5, 5.41) is 17.1. The molecule has 28 heavy (non-hydrogen) atoms. The Morgan fingerprint density at radius 3 is 2.43 bits per heavy atom. The first-order valence-electron chi connectivity index (χ1n) is 9.42. The summed E-state index contributed by atoms with van der Waals surface area (Å²) < 4.78 is 3.95. The predicted molar refractivity (Wildman–Crippen MR) is 110 cm³/mol. The number of aromatic nitrogens is 6. The fourth-order valence-electron chi connectivity index (χ4n) is 3.23. The second-order valence-electron chi connectivity index (χ2n) is 6.91. The molecule has 2 aromatic carbocycles. The molecule has 0 atom stereocenters. The Morgan fingerprint density at radius 2 is 1.68 bits per heavy atom. The van der Waals surface area contributed by atoms with Crippen LogP contribution in [-0.2, 0) is 11.5 Å². The minimum absolute atomic E-state index is 0.506. The van der Waals surface area contributed by atoms with Gasteiger partial charge in [0.1, 0.15) is 0 Å². The largest absolute Gasteiger partial charge is 0.240 e. The number of thioether (sulfide) groups is 1. The van der Waals surface area contributed by atoms with Gasteiger partial charge in [-0.05, 0) is 35.4 Å². The molecule has 6 nitrogen and oxygen atoms in total. The first kappa shape index (κ1) is 17.2. The van der Waals surface area contributed by atoms with E-state index in [1.165, 1.54) is 18.4 Å². The molecular weight excluding hydrogens is 368 g/mol.